The Morgan fingerprint density at radius 1 is 1.38 bits per heavy atom. The summed E-state index contributed by atoms with van der Waals surface area (Å²) in [6.07, 6.45) is 1.58. The molecule has 0 unspecified atom stereocenters. The molecule has 0 aliphatic carbocycles. The number of rotatable bonds is 4. The van der Waals surface area contributed by atoms with E-state index in [-0.39, 0.29) is 5.91 Å². The standard InChI is InChI=1S/C16H15N3OS/c17-9-12-7-15(21-11-12)10-18-13-3-1-4-14(8-13)19-6-2-5-16(19)20/h1,3-4,7-8,11,18H,2,5-6,10H2. The van der Waals surface area contributed by atoms with Gasteiger partial charge in [0, 0.05) is 41.1 Å². The maximum atomic E-state index is 11.8. The van der Waals surface area contributed by atoms with E-state index in [0.29, 0.717) is 18.5 Å². The summed E-state index contributed by atoms with van der Waals surface area (Å²) in [7, 11) is 0. The van der Waals surface area contributed by atoms with E-state index in [9.17, 15) is 4.79 Å². The number of thiophene rings is 1. The van der Waals surface area contributed by atoms with Gasteiger partial charge in [-0.3, -0.25) is 4.79 Å². The molecule has 1 aromatic heterocycles. The minimum absolute atomic E-state index is 0.198. The second-order valence-corrected chi connectivity index (χ2v) is 5.96. The summed E-state index contributed by atoms with van der Waals surface area (Å²) in [6.45, 7) is 1.49. The predicted molar refractivity (Wildman–Crippen MR) is 84.4 cm³/mol. The van der Waals surface area contributed by atoms with Crippen molar-refractivity contribution in [2.45, 2.75) is 19.4 Å². The largest absolute Gasteiger partial charge is 0.380 e. The van der Waals surface area contributed by atoms with Gasteiger partial charge in [0.2, 0.25) is 5.91 Å². The Hall–Kier alpha value is -2.32. The van der Waals surface area contributed by atoms with E-state index in [1.807, 2.05) is 40.6 Å². The zero-order valence-corrected chi connectivity index (χ0v) is 12.3. The van der Waals surface area contributed by atoms with E-state index in [0.717, 1.165) is 29.2 Å². The van der Waals surface area contributed by atoms with Crippen LogP contribution in [-0.2, 0) is 11.3 Å². The summed E-state index contributed by atoms with van der Waals surface area (Å²) in [5.41, 5.74) is 2.64. The quantitative estimate of drug-likeness (QED) is 0.941. The predicted octanol–water partition coefficient (Wildman–Crippen LogP) is 3.36. The maximum Gasteiger partial charge on any atom is 0.227 e. The molecule has 0 bridgehead atoms. The monoisotopic (exact) mass is 297 g/mol. The van der Waals surface area contributed by atoms with Crippen molar-refractivity contribution in [3.05, 3.63) is 46.2 Å². The van der Waals surface area contributed by atoms with Crippen LogP contribution in [0.15, 0.2) is 35.7 Å². The summed E-state index contributed by atoms with van der Waals surface area (Å²) in [4.78, 5) is 14.7. The molecule has 1 aliphatic rings. The van der Waals surface area contributed by atoms with Crippen LogP contribution in [-0.4, -0.2) is 12.5 Å². The van der Waals surface area contributed by atoms with Gasteiger partial charge in [-0.15, -0.1) is 11.3 Å². The molecule has 0 atom stereocenters. The lowest BCUT2D eigenvalue weighted by Crippen LogP contribution is -2.23. The van der Waals surface area contributed by atoms with Crippen LogP contribution in [0.3, 0.4) is 0 Å². The van der Waals surface area contributed by atoms with Crippen molar-refractivity contribution in [1.29, 1.82) is 5.26 Å². The Kier molecular flexibility index (Phi) is 3.89. The van der Waals surface area contributed by atoms with Gasteiger partial charge in [-0.25, -0.2) is 0 Å². The maximum absolute atomic E-state index is 11.8. The van der Waals surface area contributed by atoms with Crippen molar-refractivity contribution in [3.63, 3.8) is 0 Å². The second kappa shape index (κ2) is 5.98. The van der Waals surface area contributed by atoms with Gasteiger partial charge in [-0.2, -0.15) is 5.26 Å². The zero-order valence-electron chi connectivity index (χ0n) is 11.5. The average molecular weight is 297 g/mol. The van der Waals surface area contributed by atoms with Gasteiger partial charge in [0.15, 0.2) is 0 Å². The van der Waals surface area contributed by atoms with Gasteiger partial charge in [0.1, 0.15) is 6.07 Å². The second-order valence-electron chi connectivity index (χ2n) is 4.97. The van der Waals surface area contributed by atoms with Crippen molar-refractivity contribution in [1.82, 2.24) is 0 Å². The Balaban J connectivity index is 1.68. The third-order valence-electron chi connectivity index (χ3n) is 3.48. The molecule has 1 N–H and O–H groups in total. The fourth-order valence-electron chi connectivity index (χ4n) is 2.43. The number of amides is 1. The van der Waals surface area contributed by atoms with Crippen LogP contribution in [0.4, 0.5) is 11.4 Å². The van der Waals surface area contributed by atoms with E-state index in [1.165, 1.54) is 0 Å². The molecule has 0 spiro atoms. The fourth-order valence-corrected chi connectivity index (χ4v) is 3.18. The van der Waals surface area contributed by atoms with E-state index < -0.39 is 0 Å². The molecule has 1 aromatic carbocycles. The first kappa shape index (κ1) is 13.7. The Morgan fingerprint density at radius 2 is 2.29 bits per heavy atom. The summed E-state index contributed by atoms with van der Waals surface area (Å²) in [6, 6.07) is 11.9. The molecule has 1 aliphatic heterocycles. The normalized spacial score (nSPS) is 14.2. The van der Waals surface area contributed by atoms with Gasteiger partial charge < -0.3 is 10.2 Å². The summed E-state index contributed by atoms with van der Waals surface area (Å²) in [5.74, 6) is 0.198. The van der Waals surface area contributed by atoms with Crippen LogP contribution >= 0.6 is 11.3 Å². The number of nitriles is 1. The summed E-state index contributed by atoms with van der Waals surface area (Å²) < 4.78 is 0. The first-order valence-corrected chi connectivity index (χ1v) is 7.76. The van der Waals surface area contributed by atoms with E-state index in [2.05, 4.69) is 11.4 Å². The smallest absolute Gasteiger partial charge is 0.227 e. The molecule has 0 radical (unpaired) electrons. The lowest BCUT2D eigenvalue weighted by atomic mass is 10.2. The highest BCUT2D eigenvalue weighted by Crippen LogP contribution is 2.25. The number of nitrogens with zero attached hydrogens (tertiary/aromatic N) is 2. The SMILES string of the molecule is N#Cc1csc(CNc2cccc(N3CCCC3=O)c2)c1. The number of carbonyl (C=O) groups is 1. The highest BCUT2D eigenvalue weighted by Gasteiger charge is 2.21. The van der Waals surface area contributed by atoms with E-state index in [1.54, 1.807) is 11.3 Å². The molecule has 3 rings (SSSR count). The fraction of sp³-hybridized carbons (Fsp3) is 0.250. The minimum Gasteiger partial charge on any atom is -0.380 e. The van der Waals surface area contributed by atoms with Crippen molar-refractivity contribution in [2.24, 2.45) is 0 Å². The molecule has 1 saturated heterocycles. The Morgan fingerprint density at radius 3 is 3.00 bits per heavy atom. The first-order valence-electron chi connectivity index (χ1n) is 6.88. The van der Waals surface area contributed by atoms with Crippen LogP contribution in [0.2, 0.25) is 0 Å². The number of benzene rings is 1. The van der Waals surface area contributed by atoms with E-state index >= 15 is 0 Å². The van der Waals surface area contributed by atoms with Crippen molar-refractivity contribution >= 4 is 28.6 Å². The third-order valence-corrected chi connectivity index (χ3v) is 4.42. The first-order chi connectivity index (χ1) is 10.3. The van der Waals surface area contributed by atoms with Gasteiger partial charge in [-0.05, 0) is 30.7 Å². The topological polar surface area (TPSA) is 56.1 Å². The Labute approximate surface area is 127 Å². The molecule has 1 amide bonds. The van der Waals surface area contributed by atoms with Gasteiger partial charge in [0.25, 0.3) is 0 Å². The molecule has 4 nitrogen and oxygen atoms in total. The molecule has 5 heteroatoms. The molecular weight excluding hydrogens is 282 g/mol. The highest BCUT2D eigenvalue weighted by molar-refractivity contribution is 7.10. The highest BCUT2D eigenvalue weighted by atomic mass is 32.1. The summed E-state index contributed by atoms with van der Waals surface area (Å²) in [5, 5.41) is 14.0. The molecule has 2 heterocycles. The number of anilines is 2. The lowest BCUT2D eigenvalue weighted by molar-refractivity contribution is -0.117. The van der Waals surface area contributed by atoms with Crippen molar-refractivity contribution in [2.75, 3.05) is 16.8 Å². The average Bonchev–Trinajstić information content (AvgIpc) is 3.14. The number of hydrogen-bond donors (Lipinski definition) is 1. The molecule has 106 valence electrons. The van der Waals surface area contributed by atoms with E-state index in [4.69, 9.17) is 5.26 Å². The van der Waals surface area contributed by atoms with Crippen LogP contribution < -0.4 is 10.2 Å². The number of nitrogens with one attached hydrogen (secondary N) is 1. The van der Waals surface area contributed by atoms with Crippen molar-refractivity contribution in [3.8, 4) is 6.07 Å². The van der Waals surface area contributed by atoms with Crippen molar-refractivity contribution < 1.29 is 4.79 Å². The Bertz CT molecular complexity index is 702. The van der Waals surface area contributed by atoms with Crippen LogP contribution in [0.25, 0.3) is 0 Å². The van der Waals surface area contributed by atoms with Gasteiger partial charge in [-0.1, -0.05) is 6.07 Å². The summed E-state index contributed by atoms with van der Waals surface area (Å²) >= 11 is 1.57. The molecule has 2 aromatic rings. The number of carbonyl (C=O) groups excluding carboxylic acids is 1. The molecule has 1 fully saturated rings. The van der Waals surface area contributed by atoms with Gasteiger partial charge in [0.05, 0.1) is 5.56 Å². The molecule has 0 saturated carbocycles. The zero-order chi connectivity index (χ0) is 14.7. The molecule has 21 heavy (non-hydrogen) atoms. The van der Waals surface area contributed by atoms with Gasteiger partial charge >= 0.3 is 0 Å². The van der Waals surface area contributed by atoms with Crippen LogP contribution in [0, 0.1) is 11.3 Å². The minimum atomic E-state index is 0.198. The van der Waals surface area contributed by atoms with Crippen LogP contribution in [0.5, 0.6) is 0 Å². The van der Waals surface area contributed by atoms with Crippen LogP contribution in [0.1, 0.15) is 23.3 Å². The lowest BCUT2D eigenvalue weighted by Gasteiger charge is -2.17. The third kappa shape index (κ3) is 3.06. The molecular formula is C16H15N3OS. The number of hydrogen-bond acceptors (Lipinski definition) is 4.